The summed E-state index contributed by atoms with van der Waals surface area (Å²) in [6, 6.07) is 3.51. The van der Waals surface area contributed by atoms with Gasteiger partial charge in [0.2, 0.25) is 0 Å². The molecule has 1 aliphatic rings. The van der Waals surface area contributed by atoms with E-state index in [0.717, 1.165) is 18.7 Å². The second kappa shape index (κ2) is 4.62. The summed E-state index contributed by atoms with van der Waals surface area (Å²) in [6.07, 6.45) is 3.01. The fraction of sp³-hybridized carbons (Fsp3) is 0.462. The topological polar surface area (TPSA) is 70.7 Å². The fourth-order valence-electron chi connectivity index (χ4n) is 2.47. The molecule has 2 aromatic heterocycles. The van der Waals surface area contributed by atoms with Crippen LogP contribution in [0.4, 0.5) is 0 Å². The first-order chi connectivity index (χ1) is 9.15. The van der Waals surface area contributed by atoms with Crippen LogP contribution in [0.3, 0.4) is 0 Å². The number of hydrogen-bond acceptors (Lipinski definition) is 4. The molecule has 1 amide bonds. The van der Waals surface area contributed by atoms with Gasteiger partial charge in [-0.2, -0.15) is 0 Å². The maximum atomic E-state index is 12.4. The van der Waals surface area contributed by atoms with Gasteiger partial charge in [-0.15, -0.1) is 10.2 Å². The number of fused-ring (bicyclic) bond motifs is 1. The zero-order valence-electron chi connectivity index (χ0n) is 10.8. The van der Waals surface area contributed by atoms with Crippen LogP contribution in [0.5, 0.6) is 0 Å². The van der Waals surface area contributed by atoms with Crippen molar-refractivity contribution in [3.8, 4) is 0 Å². The van der Waals surface area contributed by atoms with Gasteiger partial charge in [-0.05, 0) is 31.9 Å². The van der Waals surface area contributed by atoms with Crippen molar-refractivity contribution in [2.24, 2.45) is 0 Å². The van der Waals surface area contributed by atoms with Crippen molar-refractivity contribution < 1.29 is 9.90 Å². The van der Waals surface area contributed by atoms with E-state index in [4.69, 9.17) is 0 Å². The molecule has 6 heteroatoms. The first-order valence-corrected chi connectivity index (χ1v) is 6.44. The van der Waals surface area contributed by atoms with Crippen molar-refractivity contribution in [3.05, 3.63) is 29.7 Å². The number of carbonyl (C=O) groups excluding carboxylic acids is 1. The maximum Gasteiger partial charge on any atom is 0.254 e. The molecule has 0 aliphatic carbocycles. The number of amides is 1. The van der Waals surface area contributed by atoms with E-state index in [1.165, 1.54) is 0 Å². The van der Waals surface area contributed by atoms with Gasteiger partial charge >= 0.3 is 0 Å². The second-order valence-electron chi connectivity index (χ2n) is 4.94. The van der Waals surface area contributed by atoms with Crippen molar-refractivity contribution in [3.63, 3.8) is 0 Å². The predicted molar refractivity (Wildman–Crippen MR) is 68.9 cm³/mol. The Morgan fingerprint density at radius 3 is 3.11 bits per heavy atom. The normalized spacial score (nSPS) is 19.9. The molecule has 1 saturated heterocycles. The Morgan fingerprint density at radius 2 is 2.32 bits per heavy atom. The maximum absolute atomic E-state index is 12.4. The molecule has 0 saturated carbocycles. The summed E-state index contributed by atoms with van der Waals surface area (Å²) in [5.41, 5.74) is 1.26. The van der Waals surface area contributed by atoms with Crippen LogP contribution in [0.25, 0.3) is 5.65 Å². The molecule has 0 aromatic carbocycles. The van der Waals surface area contributed by atoms with Gasteiger partial charge < -0.3 is 10.0 Å². The SMILES string of the molecule is Cc1nnc2cc(C(=O)N3CCCC(O)C3)ccn12. The third-order valence-corrected chi connectivity index (χ3v) is 3.51. The number of aliphatic hydroxyl groups excluding tert-OH is 1. The Bertz CT molecular complexity index is 622. The van der Waals surface area contributed by atoms with Gasteiger partial charge in [0.25, 0.3) is 5.91 Å². The van der Waals surface area contributed by atoms with Crippen molar-refractivity contribution in [1.82, 2.24) is 19.5 Å². The Balaban J connectivity index is 1.88. The average Bonchev–Trinajstić information content (AvgIpc) is 2.79. The van der Waals surface area contributed by atoms with E-state index in [-0.39, 0.29) is 5.91 Å². The molecule has 2 aromatic rings. The number of aromatic nitrogens is 3. The van der Waals surface area contributed by atoms with Crippen molar-refractivity contribution >= 4 is 11.6 Å². The van der Waals surface area contributed by atoms with Gasteiger partial charge in [-0.25, -0.2) is 0 Å². The van der Waals surface area contributed by atoms with Crippen LogP contribution in [0, 0.1) is 6.92 Å². The number of β-amino-alcohol motifs (C(OH)–C–C–N with tert-alkyl or cyclic N) is 1. The average molecular weight is 260 g/mol. The van der Waals surface area contributed by atoms with Crippen LogP contribution < -0.4 is 0 Å². The summed E-state index contributed by atoms with van der Waals surface area (Å²) in [4.78, 5) is 14.1. The highest BCUT2D eigenvalue weighted by molar-refractivity contribution is 5.95. The van der Waals surface area contributed by atoms with Crippen LogP contribution in [-0.2, 0) is 0 Å². The lowest BCUT2D eigenvalue weighted by atomic mass is 10.1. The lowest BCUT2D eigenvalue weighted by Gasteiger charge is -2.30. The molecule has 1 N–H and O–H groups in total. The van der Waals surface area contributed by atoms with Crippen molar-refractivity contribution in [1.29, 1.82) is 0 Å². The molecule has 1 unspecified atom stereocenters. The lowest BCUT2D eigenvalue weighted by Crippen LogP contribution is -2.42. The number of aryl methyl sites for hydroxylation is 1. The van der Waals surface area contributed by atoms with Gasteiger partial charge in [0, 0.05) is 24.8 Å². The van der Waals surface area contributed by atoms with E-state index in [9.17, 15) is 9.90 Å². The highest BCUT2D eigenvalue weighted by atomic mass is 16.3. The fourth-order valence-corrected chi connectivity index (χ4v) is 2.47. The summed E-state index contributed by atoms with van der Waals surface area (Å²) >= 11 is 0. The summed E-state index contributed by atoms with van der Waals surface area (Å²) < 4.78 is 1.84. The van der Waals surface area contributed by atoms with Crippen LogP contribution in [0.2, 0.25) is 0 Å². The molecule has 0 bridgehead atoms. The zero-order valence-corrected chi connectivity index (χ0v) is 10.8. The van der Waals surface area contributed by atoms with Crippen LogP contribution in [-0.4, -0.2) is 49.7 Å². The number of hydrogen-bond donors (Lipinski definition) is 1. The molecule has 1 fully saturated rings. The number of pyridine rings is 1. The van der Waals surface area contributed by atoms with Gasteiger partial charge in [0.05, 0.1) is 6.10 Å². The van der Waals surface area contributed by atoms with E-state index in [1.54, 1.807) is 23.2 Å². The molecule has 3 heterocycles. The third-order valence-electron chi connectivity index (χ3n) is 3.51. The first-order valence-electron chi connectivity index (χ1n) is 6.44. The molecular formula is C13H16N4O2. The first kappa shape index (κ1) is 12.1. The Hall–Kier alpha value is -1.95. The van der Waals surface area contributed by atoms with E-state index in [1.807, 2.05) is 11.3 Å². The van der Waals surface area contributed by atoms with Gasteiger partial charge in [0.15, 0.2) is 5.65 Å². The Kier molecular flexibility index (Phi) is 2.94. The highest BCUT2D eigenvalue weighted by Crippen LogP contribution is 2.15. The predicted octanol–water partition coefficient (Wildman–Crippen LogP) is 0.635. The standard InChI is InChI=1S/C13H16N4O2/c1-9-14-15-12-7-10(4-6-17(9)12)13(19)16-5-2-3-11(18)8-16/h4,6-7,11,18H,2-3,5,8H2,1H3. The Labute approximate surface area is 110 Å². The van der Waals surface area contributed by atoms with Crippen molar-refractivity contribution in [2.45, 2.75) is 25.9 Å². The van der Waals surface area contributed by atoms with Crippen LogP contribution in [0.1, 0.15) is 29.0 Å². The third kappa shape index (κ3) is 2.19. The minimum atomic E-state index is -0.406. The van der Waals surface area contributed by atoms with Crippen molar-refractivity contribution in [2.75, 3.05) is 13.1 Å². The second-order valence-corrected chi connectivity index (χ2v) is 4.94. The summed E-state index contributed by atoms with van der Waals surface area (Å²) in [7, 11) is 0. The van der Waals surface area contributed by atoms with Crippen LogP contribution in [0.15, 0.2) is 18.3 Å². The number of aliphatic hydroxyl groups is 1. The molecule has 0 radical (unpaired) electrons. The van der Waals surface area contributed by atoms with E-state index in [0.29, 0.717) is 24.3 Å². The summed E-state index contributed by atoms with van der Waals surface area (Å²) in [5.74, 6) is 0.740. The highest BCUT2D eigenvalue weighted by Gasteiger charge is 2.23. The lowest BCUT2D eigenvalue weighted by molar-refractivity contribution is 0.0474. The van der Waals surface area contributed by atoms with Gasteiger partial charge in [-0.3, -0.25) is 9.20 Å². The largest absolute Gasteiger partial charge is 0.391 e. The molecule has 100 valence electrons. The molecule has 6 nitrogen and oxygen atoms in total. The molecule has 0 spiro atoms. The van der Waals surface area contributed by atoms with E-state index >= 15 is 0 Å². The minimum Gasteiger partial charge on any atom is -0.391 e. The molecular weight excluding hydrogens is 244 g/mol. The number of carbonyl (C=O) groups is 1. The smallest absolute Gasteiger partial charge is 0.254 e. The van der Waals surface area contributed by atoms with Crippen LogP contribution >= 0.6 is 0 Å². The van der Waals surface area contributed by atoms with E-state index < -0.39 is 6.10 Å². The summed E-state index contributed by atoms with van der Waals surface area (Å²) in [6.45, 7) is 2.98. The number of rotatable bonds is 1. The number of likely N-dealkylation sites (tertiary alicyclic amines) is 1. The zero-order chi connectivity index (χ0) is 13.4. The van der Waals surface area contributed by atoms with Gasteiger partial charge in [-0.1, -0.05) is 0 Å². The molecule has 3 rings (SSSR count). The molecule has 1 aliphatic heterocycles. The number of piperidine rings is 1. The molecule has 19 heavy (non-hydrogen) atoms. The summed E-state index contributed by atoms with van der Waals surface area (Å²) in [5, 5.41) is 17.6. The minimum absolute atomic E-state index is 0.0538. The quantitative estimate of drug-likeness (QED) is 0.816. The van der Waals surface area contributed by atoms with E-state index in [2.05, 4.69) is 10.2 Å². The monoisotopic (exact) mass is 260 g/mol. The number of nitrogens with zero attached hydrogens (tertiary/aromatic N) is 4. The van der Waals surface area contributed by atoms with Gasteiger partial charge in [0.1, 0.15) is 5.82 Å². The Morgan fingerprint density at radius 1 is 1.47 bits per heavy atom. The molecule has 1 atom stereocenters.